The lowest BCUT2D eigenvalue weighted by Crippen LogP contribution is -2.31. The molecule has 3 aromatic rings. The number of aromatic nitrogens is 2. The largest absolute Gasteiger partial charge is 0.385 e. The minimum absolute atomic E-state index is 0.151. The summed E-state index contributed by atoms with van der Waals surface area (Å²) < 4.78 is 36.1. The molecule has 11 heteroatoms. The molecular weight excluding hydrogens is 565 g/mol. The normalized spacial score (nSPS) is 18.0. The van der Waals surface area contributed by atoms with Gasteiger partial charge in [0.2, 0.25) is 10.0 Å². The van der Waals surface area contributed by atoms with Crippen LogP contribution < -0.4 is 0 Å². The van der Waals surface area contributed by atoms with Crippen molar-refractivity contribution in [3.05, 3.63) is 71.3 Å². The highest BCUT2D eigenvalue weighted by atomic mass is 32.2. The van der Waals surface area contributed by atoms with Crippen LogP contribution in [-0.2, 0) is 19.6 Å². The number of amides is 1. The first-order valence-corrected chi connectivity index (χ1v) is 16.0. The Balaban J connectivity index is 1.53. The fraction of sp³-hybridized carbons (Fsp3) is 0.345. The van der Waals surface area contributed by atoms with Crippen molar-refractivity contribution in [2.75, 3.05) is 33.4 Å². The van der Waals surface area contributed by atoms with E-state index in [4.69, 9.17) is 22.1 Å². The topological polar surface area (TPSA) is 84.7 Å². The molecule has 1 aromatic heterocycles. The van der Waals surface area contributed by atoms with Crippen LogP contribution in [0.25, 0.3) is 23.0 Å². The standard InChI is InChI=1S/C29H32N4O4S3/c1-37-18-10-17-32-28(34)26(39-29(32)38)20-23-21-33(24-12-5-4-6-13-24)30-27(23)22-11-9-14-25(19-22)40(35,36)31-15-7-2-3-8-16-31/h4-6,9,11-14,19-21H,2-3,7-8,10,15-18H2,1H3/b26-20-. The lowest BCUT2D eigenvalue weighted by Gasteiger charge is -2.20. The van der Waals surface area contributed by atoms with E-state index in [-0.39, 0.29) is 10.8 Å². The zero-order chi connectivity index (χ0) is 28.1. The molecule has 2 aliphatic rings. The van der Waals surface area contributed by atoms with Crippen molar-refractivity contribution in [1.82, 2.24) is 19.0 Å². The van der Waals surface area contributed by atoms with E-state index in [1.54, 1.807) is 45.3 Å². The highest BCUT2D eigenvalue weighted by Crippen LogP contribution is 2.35. The summed E-state index contributed by atoms with van der Waals surface area (Å²) in [4.78, 5) is 15.6. The Labute approximate surface area is 245 Å². The summed E-state index contributed by atoms with van der Waals surface area (Å²) in [5.74, 6) is -0.151. The van der Waals surface area contributed by atoms with Crippen LogP contribution in [0.15, 0.2) is 70.6 Å². The number of methoxy groups -OCH3 is 1. The van der Waals surface area contributed by atoms with E-state index in [2.05, 4.69) is 0 Å². The molecule has 3 heterocycles. The second-order valence-corrected chi connectivity index (χ2v) is 13.4. The van der Waals surface area contributed by atoms with Crippen LogP contribution in [0, 0.1) is 0 Å². The van der Waals surface area contributed by atoms with Gasteiger partial charge >= 0.3 is 0 Å². The van der Waals surface area contributed by atoms with E-state index in [1.807, 2.05) is 42.6 Å². The first-order chi connectivity index (χ1) is 19.4. The first kappa shape index (κ1) is 28.7. The Morgan fingerprint density at radius 3 is 2.52 bits per heavy atom. The smallest absolute Gasteiger partial charge is 0.266 e. The third kappa shape index (κ3) is 6.23. The number of nitrogens with zero attached hydrogens (tertiary/aromatic N) is 4. The number of benzene rings is 2. The van der Waals surface area contributed by atoms with Crippen molar-refractivity contribution < 1.29 is 17.9 Å². The van der Waals surface area contributed by atoms with Crippen LogP contribution in [0.5, 0.6) is 0 Å². The molecule has 0 aliphatic carbocycles. The molecule has 0 unspecified atom stereocenters. The zero-order valence-corrected chi connectivity index (χ0v) is 24.8. The summed E-state index contributed by atoms with van der Waals surface area (Å²) in [5.41, 5.74) is 2.79. The second-order valence-electron chi connectivity index (χ2n) is 9.74. The van der Waals surface area contributed by atoms with E-state index >= 15 is 0 Å². The molecule has 5 rings (SSSR count). The van der Waals surface area contributed by atoms with E-state index in [9.17, 15) is 13.2 Å². The Morgan fingerprint density at radius 2 is 1.80 bits per heavy atom. The molecule has 0 atom stereocenters. The van der Waals surface area contributed by atoms with Crippen LogP contribution in [0.3, 0.4) is 0 Å². The quantitative estimate of drug-likeness (QED) is 0.187. The molecule has 8 nitrogen and oxygen atoms in total. The van der Waals surface area contributed by atoms with E-state index in [1.165, 1.54) is 11.8 Å². The molecule has 2 saturated heterocycles. The molecule has 210 valence electrons. The van der Waals surface area contributed by atoms with Crippen LogP contribution in [-0.4, -0.2) is 71.0 Å². The Bertz CT molecular complexity index is 1510. The van der Waals surface area contributed by atoms with Crippen LogP contribution >= 0.6 is 24.0 Å². The highest BCUT2D eigenvalue weighted by Gasteiger charge is 2.32. The van der Waals surface area contributed by atoms with E-state index < -0.39 is 10.0 Å². The van der Waals surface area contributed by atoms with Gasteiger partial charge in [0.25, 0.3) is 5.91 Å². The van der Waals surface area contributed by atoms with Gasteiger partial charge in [0, 0.05) is 50.7 Å². The molecule has 0 saturated carbocycles. The number of ether oxygens (including phenoxy) is 1. The highest BCUT2D eigenvalue weighted by molar-refractivity contribution is 8.26. The number of carbonyl (C=O) groups is 1. The number of rotatable bonds is 9. The van der Waals surface area contributed by atoms with Gasteiger partial charge in [-0.3, -0.25) is 9.69 Å². The summed E-state index contributed by atoms with van der Waals surface area (Å²) in [6, 6.07) is 16.6. The summed E-state index contributed by atoms with van der Waals surface area (Å²) in [6.45, 7) is 2.10. The lowest BCUT2D eigenvalue weighted by atomic mass is 10.1. The van der Waals surface area contributed by atoms with Crippen molar-refractivity contribution >= 4 is 50.3 Å². The molecule has 2 fully saturated rings. The third-order valence-electron chi connectivity index (χ3n) is 6.96. The van der Waals surface area contributed by atoms with Gasteiger partial charge in [0.15, 0.2) is 0 Å². The van der Waals surface area contributed by atoms with Gasteiger partial charge in [-0.2, -0.15) is 9.40 Å². The minimum atomic E-state index is -3.64. The number of sulfonamides is 1. The van der Waals surface area contributed by atoms with Crippen molar-refractivity contribution in [1.29, 1.82) is 0 Å². The maximum atomic E-state index is 13.5. The van der Waals surface area contributed by atoms with Crippen LogP contribution in [0.1, 0.15) is 37.7 Å². The number of thioether (sulfide) groups is 1. The number of hydrogen-bond donors (Lipinski definition) is 0. The van der Waals surface area contributed by atoms with Gasteiger partial charge in [0.05, 0.1) is 15.5 Å². The number of thiocarbonyl (C=S) groups is 1. The predicted octanol–water partition coefficient (Wildman–Crippen LogP) is 5.34. The first-order valence-electron chi connectivity index (χ1n) is 13.4. The van der Waals surface area contributed by atoms with Gasteiger partial charge in [0.1, 0.15) is 10.0 Å². The lowest BCUT2D eigenvalue weighted by molar-refractivity contribution is -0.122. The van der Waals surface area contributed by atoms with Gasteiger partial charge < -0.3 is 4.74 Å². The monoisotopic (exact) mass is 596 g/mol. The van der Waals surface area contributed by atoms with Gasteiger partial charge in [-0.15, -0.1) is 0 Å². The van der Waals surface area contributed by atoms with Crippen molar-refractivity contribution in [3.8, 4) is 16.9 Å². The van der Waals surface area contributed by atoms with Gasteiger partial charge in [-0.05, 0) is 49.6 Å². The molecule has 2 aliphatic heterocycles. The molecule has 0 bridgehead atoms. The SMILES string of the molecule is COCCCN1C(=O)/C(=C/c2cn(-c3ccccc3)nc2-c2cccc(S(=O)(=O)N3CCCCCC3)c2)SC1=S. The molecule has 0 spiro atoms. The van der Waals surface area contributed by atoms with Crippen molar-refractivity contribution in [3.63, 3.8) is 0 Å². The number of carbonyl (C=O) groups excluding carboxylic acids is 1. The van der Waals surface area contributed by atoms with Crippen molar-refractivity contribution in [2.24, 2.45) is 0 Å². The molecular formula is C29H32N4O4S3. The summed E-state index contributed by atoms with van der Waals surface area (Å²) in [5, 5.41) is 4.85. The Hall–Kier alpha value is -2.83. The van der Waals surface area contributed by atoms with E-state index in [0.717, 1.165) is 31.4 Å². The molecule has 40 heavy (non-hydrogen) atoms. The molecule has 0 N–H and O–H groups in total. The number of hydrogen-bond acceptors (Lipinski definition) is 7. The fourth-order valence-corrected chi connectivity index (χ4v) is 7.73. The fourth-order valence-electron chi connectivity index (χ4n) is 4.87. The maximum absolute atomic E-state index is 13.5. The maximum Gasteiger partial charge on any atom is 0.266 e. The molecule has 2 aromatic carbocycles. The Morgan fingerprint density at radius 1 is 1.05 bits per heavy atom. The zero-order valence-electron chi connectivity index (χ0n) is 22.4. The molecule has 0 radical (unpaired) electrons. The molecule has 1 amide bonds. The average molecular weight is 597 g/mol. The second kappa shape index (κ2) is 12.8. The van der Waals surface area contributed by atoms with Crippen molar-refractivity contribution in [2.45, 2.75) is 37.0 Å². The third-order valence-corrected chi connectivity index (χ3v) is 10.2. The van der Waals surface area contributed by atoms with Gasteiger partial charge in [-0.1, -0.05) is 67.2 Å². The summed E-state index contributed by atoms with van der Waals surface area (Å²) >= 11 is 6.75. The van der Waals surface area contributed by atoms with Crippen LogP contribution in [0.4, 0.5) is 0 Å². The average Bonchev–Trinajstić information content (AvgIpc) is 3.35. The van der Waals surface area contributed by atoms with Crippen LogP contribution in [0.2, 0.25) is 0 Å². The summed E-state index contributed by atoms with van der Waals surface area (Å²) in [7, 11) is -2.01. The number of para-hydroxylation sites is 1. The van der Waals surface area contributed by atoms with Gasteiger partial charge in [-0.25, -0.2) is 13.1 Å². The van der Waals surface area contributed by atoms with E-state index in [0.29, 0.717) is 58.7 Å². The Kier molecular flexibility index (Phi) is 9.17. The predicted molar refractivity (Wildman–Crippen MR) is 163 cm³/mol. The minimum Gasteiger partial charge on any atom is -0.385 e. The summed E-state index contributed by atoms with van der Waals surface area (Å²) in [6.07, 6.45) is 8.18.